The Labute approximate surface area is 123 Å². The van der Waals surface area contributed by atoms with Crippen molar-refractivity contribution in [3.63, 3.8) is 0 Å². The molecule has 0 aliphatic heterocycles. The van der Waals surface area contributed by atoms with E-state index in [-0.39, 0.29) is 11.5 Å². The van der Waals surface area contributed by atoms with Crippen LogP contribution in [0.25, 0.3) is 0 Å². The Bertz CT molecular complexity index is 599. The van der Waals surface area contributed by atoms with Gasteiger partial charge in [0, 0.05) is 6.54 Å². The average molecular weight is 287 g/mol. The number of hydrogen-bond donors (Lipinski definition) is 1. The van der Waals surface area contributed by atoms with Crippen LogP contribution in [0.3, 0.4) is 0 Å². The smallest absolute Gasteiger partial charge is 0.255 e. The van der Waals surface area contributed by atoms with Crippen molar-refractivity contribution in [2.24, 2.45) is 0 Å². The van der Waals surface area contributed by atoms with Crippen molar-refractivity contribution in [1.82, 2.24) is 5.32 Å². The molecule has 0 spiro atoms. The standard InChI is InChI=1S/C17H18FNO2/c1-21-16-10-9-14(18)12-15(16)17(20)19-11-5-8-13-6-3-2-4-7-13/h2-4,6-7,9-10,12H,5,8,11H2,1H3,(H,19,20). The van der Waals surface area contributed by atoms with Crippen molar-refractivity contribution in [3.8, 4) is 5.75 Å². The Hall–Kier alpha value is -2.36. The van der Waals surface area contributed by atoms with Gasteiger partial charge in [-0.2, -0.15) is 0 Å². The number of carbonyl (C=O) groups is 1. The predicted octanol–water partition coefficient (Wildman–Crippen LogP) is 3.20. The third-order valence-electron chi connectivity index (χ3n) is 3.18. The zero-order valence-electron chi connectivity index (χ0n) is 11.9. The summed E-state index contributed by atoms with van der Waals surface area (Å²) in [4.78, 5) is 12.0. The lowest BCUT2D eigenvalue weighted by Gasteiger charge is -2.09. The van der Waals surface area contributed by atoms with Gasteiger partial charge in [-0.15, -0.1) is 0 Å². The molecule has 2 aromatic rings. The highest BCUT2D eigenvalue weighted by molar-refractivity contribution is 5.96. The van der Waals surface area contributed by atoms with Gasteiger partial charge in [-0.3, -0.25) is 4.79 Å². The maximum Gasteiger partial charge on any atom is 0.255 e. The normalized spacial score (nSPS) is 10.2. The fraction of sp³-hybridized carbons (Fsp3) is 0.235. The van der Waals surface area contributed by atoms with E-state index in [1.165, 1.54) is 30.9 Å². The lowest BCUT2D eigenvalue weighted by Crippen LogP contribution is -2.25. The van der Waals surface area contributed by atoms with Crippen LogP contribution in [0.2, 0.25) is 0 Å². The third-order valence-corrected chi connectivity index (χ3v) is 3.18. The van der Waals surface area contributed by atoms with Crippen LogP contribution in [0.4, 0.5) is 4.39 Å². The van der Waals surface area contributed by atoms with Crippen LogP contribution in [0.15, 0.2) is 48.5 Å². The average Bonchev–Trinajstić information content (AvgIpc) is 2.52. The van der Waals surface area contributed by atoms with E-state index in [1.807, 2.05) is 18.2 Å². The fourth-order valence-electron chi connectivity index (χ4n) is 2.09. The second-order valence-corrected chi connectivity index (χ2v) is 4.69. The number of amides is 1. The predicted molar refractivity (Wildman–Crippen MR) is 80.0 cm³/mol. The van der Waals surface area contributed by atoms with Gasteiger partial charge in [0.05, 0.1) is 12.7 Å². The molecule has 0 fully saturated rings. The van der Waals surface area contributed by atoms with Crippen LogP contribution in [-0.2, 0) is 6.42 Å². The quantitative estimate of drug-likeness (QED) is 0.829. The molecule has 0 aliphatic carbocycles. The lowest BCUT2D eigenvalue weighted by molar-refractivity contribution is 0.0949. The number of benzene rings is 2. The number of aryl methyl sites for hydroxylation is 1. The summed E-state index contributed by atoms with van der Waals surface area (Å²) >= 11 is 0. The second-order valence-electron chi connectivity index (χ2n) is 4.69. The molecule has 1 N–H and O–H groups in total. The van der Waals surface area contributed by atoms with Gasteiger partial charge in [-0.1, -0.05) is 30.3 Å². The molecule has 2 aromatic carbocycles. The summed E-state index contributed by atoms with van der Waals surface area (Å²) in [7, 11) is 1.46. The van der Waals surface area contributed by atoms with Gasteiger partial charge in [0.15, 0.2) is 0 Å². The van der Waals surface area contributed by atoms with E-state index in [2.05, 4.69) is 17.4 Å². The van der Waals surface area contributed by atoms with Crippen molar-refractivity contribution < 1.29 is 13.9 Å². The molecular weight excluding hydrogens is 269 g/mol. The van der Waals surface area contributed by atoms with E-state index in [1.54, 1.807) is 0 Å². The summed E-state index contributed by atoms with van der Waals surface area (Å²) in [5, 5.41) is 2.79. The Morgan fingerprint density at radius 1 is 1.19 bits per heavy atom. The minimum atomic E-state index is -0.453. The topological polar surface area (TPSA) is 38.3 Å². The molecule has 4 heteroatoms. The number of halogens is 1. The summed E-state index contributed by atoms with van der Waals surface area (Å²) in [5.41, 5.74) is 1.45. The monoisotopic (exact) mass is 287 g/mol. The molecule has 110 valence electrons. The van der Waals surface area contributed by atoms with Crippen LogP contribution in [0.5, 0.6) is 5.75 Å². The van der Waals surface area contributed by atoms with Gasteiger partial charge >= 0.3 is 0 Å². The molecule has 0 atom stereocenters. The first-order chi connectivity index (χ1) is 10.2. The first kappa shape index (κ1) is 15.0. The minimum absolute atomic E-state index is 0.220. The molecular formula is C17H18FNO2. The maximum atomic E-state index is 13.2. The first-order valence-corrected chi connectivity index (χ1v) is 6.86. The van der Waals surface area contributed by atoms with Crippen LogP contribution < -0.4 is 10.1 Å². The van der Waals surface area contributed by atoms with Crippen molar-refractivity contribution in [2.45, 2.75) is 12.8 Å². The molecule has 21 heavy (non-hydrogen) atoms. The van der Waals surface area contributed by atoms with E-state index < -0.39 is 5.82 Å². The van der Waals surface area contributed by atoms with E-state index in [0.29, 0.717) is 12.3 Å². The van der Waals surface area contributed by atoms with Crippen molar-refractivity contribution in [2.75, 3.05) is 13.7 Å². The van der Waals surface area contributed by atoms with Crippen LogP contribution in [-0.4, -0.2) is 19.6 Å². The molecule has 0 unspecified atom stereocenters. The van der Waals surface area contributed by atoms with Crippen LogP contribution >= 0.6 is 0 Å². The maximum absolute atomic E-state index is 13.2. The Morgan fingerprint density at radius 3 is 2.67 bits per heavy atom. The number of hydrogen-bond acceptors (Lipinski definition) is 2. The highest BCUT2D eigenvalue weighted by Crippen LogP contribution is 2.19. The molecule has 3 nitrogen and oxygen atoms in total. The summed E-state index contributed by atoms with van der Waals surface area (Å²) in [6, 6.07) is 14.0. The summed E-state index contributed by atoms with van der Waals surface area (Å²) < 4.78 is 18.3. The number of ether oxygens (including phenoxy) is 1. The van der Waals surface area contributed by atoms with E-state index in [9.17, 15) is 9.18 Å². The lowest BCUT2D eigenvalue weighted by atomic mass is 10.1. The van der Waals surface area contributed by atoms with Gasteiger partial charge in [-0.05, 0) is 36.6 Å². The third kappa shape index (κ3) is 4.31. The SMILES string of the molecule is COc1ccc(F)cc1C(=O)NCCCc1ccccc1. The van der Waals surface area contributed by atoms with Crippen molar-refractivity contribution >= 4 is 5.91 Å². The van der Waals surface area contributed by atoms with Crippen LogP contribution in [0.1, 0.15) is 22.3 Å². The Morgan fingerprint density at radius 2 is 1.95 bits per heavy atom. The summed E-state index contributed by atoms with van der Waals surface area (Å²) in [5.74, 6) is -0.401. The Kier molecular flexibility index (Phi) is 5.32. The van der Waals surface area contributed by atoms with Crippen molar-refractivity contribution in [3.05, 3.63) is 65.5 Å². The highest BCUT2D eigenvalue weighted by Gasteiger charge is 2.12. The van der Waals surface area contributed by atoms with Gasteiger partial charge < -0.3 is 10.1 Å². The molecule has 2 rings (SSSR count). The largest absolute Gasteiger partial charge is 0.496 e. The molecule has 0 radical (unpaired) electrons. The number of nitrogens with one attached hydrogen (secondary N) is 1. The van der Waals surface area contributed by atoms with Gasteiger partial charge in [-0.25, -0.2) is 4.39 Å². The zero-order valence-corrected chi connectivity index (χ0v) is 11.9. The van der Waals surface area contributed by atoms with E-state index in [4.69, 9.17) is 4.74 Å². The first-order valence-electron chi connectivity index (χ1n) is 6.86. The fourth-order valence-corrected chi connectivity index (χ4v) is 2.09. The molecule has 0 aromatic heterocycles. The van der Waals surface area contributed by atoms with E-state index in [0.717, 1.165) is 12.8 Å². The zero-order chi connectivity index (χ0) is 15.1. The van der Waals surface area contributed by atoms with Gasteiger partial charge in [0.2, 0.25) is 0 Å². The van der Waals surface area contributed by atoms with Crippen molar-refractivity contribution in [1.29, 1.82) is 0 Å². The summed E-state index contributed by atoms with van der Waals surface area (Å²) in [6.07, 6.45) is 1.72. The van der Waals surface area contributed by atoms with Gasteiger partial charge in [0.25, 0.3) is 5.91 Å². The molecule has 0 saturated heterocycles. The summed E-state index contributed by atoms with van der Waals surface area (Å²) in [6.45, 7) is 0.535. The number of methoxy groups -OCH3 is 1. The Balaban J connectivity index is 1.86. The van der Waals surface area contributed by atoms with Crippen LogP contribution in [0, 0.1) is 5.82 Å². The number of carbonyl (C=O) groups excluding carboxylic acids is 1. The molecule has 0 aliphatic rings. The van der Waals surface area contributed by atoms with Gasteiger partial charge in [0.1, 0.15) is 11.6 Å². The molecule has 0 saturated carbocycles. The second kappa shape index (κ2) is 7.43. The molecule has 0 heterocycles. The molecule has 1 amide bonds. The highest BCUT2D eigenvalue weighted by atomic mass is 19.1. The minimum Gasteiger partial charge on any atom is -0.496 e. The van der Waals surface area contributed by atoms with E-state index >= 15 is 0 Å². The number of rotatable bonds is 6. The molecule has 0 bridgehead atoms.